The first-order valence-electron chi connectivity index (χ1n) is 4.50. The summed E-state index contributed by atoms with van der Waals surface area (Å²) < 4.78 is 16.3. The second-order valence-corrected chi connectivity index (χ2v) is 3.29. The van der Waals surface area contributed by atoms with Crippen LogP contribution in [0.1, 0.15) is 33.6 Å². The van der Waals surface area contributed by atoms with Gasteiger partial charge < -0.3 is 10.1 Å². The van der Waals surface area contributed by atoms with Gasteiger partial charge in [0.1, 0.15) is 0 Å². The summed E-state index contributed by atoms with van der Waals surface area (Å²) in [4.78, 5) is 0. The predicted molar refractivity (Wildman–Crippen MR) is 52.6 cm³/mol. The largest absolute Gasteiger partial charge is 0.468 e. The molecule has 0 amide bonds. The SMILES string of the molecule is CC(=CCCC(=N)C(C)C)OCF. The third kappa shape index (κ3) is 6.31. The van der Waals surface area contributed by atoms with Gasteiger partial charge in [0, 0.05) is 5.71 Å². The van der Waals surface area contributed by atoms with Crippen LogP contribution in [0.2, 0.25) is 0 Å². The average Bonchev–Trinajstić information content (AvgIpc) is 2.04. The molecule has 13 heavy (non-hydrogen) atoms. The van der Waals surface area contributed by atoms with Crippen LogP contribution in [-0.4, -0.2) is 12.6 Å². The Morgan fingerprint density at radius 3 is 2.62 bits per heavy atom. The first-order valence-corrected chi connectivity index (χ1v) is 4.50. The van der Waals surface area contributed by atoms with Gasteiger partial charge in [-0.3, -0.25) is 0 Å². The van der Waals surface area contributed by atoms with Crippen LogP contribution in [-0.2, 0) is 4.74 Å². The molecule has 0 aliphatic heterocycles. The highest BCUT2D eigenvalue weighted by atomic mass is 19.1. The van der Waals surface area contributed by atoms with Crippen LogP contribution in [0.5, 0.6) is 0 Å². The molecular formula is C10H18FNO. The highest BCUT2D eigenvalue weighted by Gasteiger charge is 2.00. The summed E-state index contributed by atoms with van der Waals surface area (Å²) in [5, 5.41) is 7.55. The van der Waals surface area contributed by atoms with E-state index in [1.165, 1.54) is 0 Å². The van der Waals surface area contributed by atoms with Crippen LogP contribution >= 0.6 is 0 Å². The third-order valence-electron chi connectivity index (χ3n) is 1.82. The molecule has 0 aliphatic rings. The van der Waals surface area contributed by atoms with Crippen LogP contribution < -0.4 is 0 Å². The zero-order valence-corrected chi connectivity index (χ0v) is 8.56. The lowest BCUT2D eigenvalue weighted by Gasteiger charge is -2.05. The molecule has 3 heteroatoms. The van der Waals surface area contributed by atoms with Gasteiger partial charge in [-0.15, -0.1) is 0 Å². The summed E-state index contributed by atoms with van der Waals surface area (Å²) in [6.07, 6.45) is 3.30. The number of allylic oxidation sites excluding steroid dienone is 2. The molecular weight excluding hydrogens is 169 g/mol. The zero-order chi connectivity index (χ0) is 10.3. The Bertz CT molecular complexity index is 187. The fourth-order valence-corrected chi connectivity index (χ4v) is 0.865. The number of halogens is 1. The van der Waals surface area contributed by atoms with E-state index in [2.05, 4.69) is 4.74 Å². The van der Waals surface area contributed by atoms with E-state index in [0.29, 0.717) is 11.7 Å². The average molecular weight is 187 g/mol. The van der Waals surface area contributed by atoms with E-state index in [1.807, 2.05) is 19.9 Å². The lowest BCUT2D eigenvalue weighted by Crippen LogP contribution is -2.04. The summed E-state index contributed by atoms with van der Waals surface area (Å²) in [6.45, 7) is 4.94. The van der Waals surface area contributed by atoms with Gasteiger partial charge in [0.15, 0.2) is 0 Å². The van der Waals surface area contributed by atoms with Crippen molar-refractivity contribution in [1.82, 2.24) is 0 Å². The maximum Gasteiger partial charge on any atom is 0.228 e. The van der Waals surface area contributed by atoms with Crippen molar-refractivity contribution in [3.63, 3.8) is 0 Å². The van der Waals surface area contributed by atoms with Gasteiger partial charge in [-0.05, 0) is 31.8 Å². The highest BCUT2D eigenvalue weighted by Crippen LogP contribution is 2.05. The third-order valence-corrected chi connectivity index (χ3v) is 1.82. The number of alkyl halides is 1. The molecule has 0 aromatic carbocycles. The lowest BCUT2D eigenvalue weighted by molar-refractivity contribution is 0.116. The minimum absolute atomic E-state index is 0.302. The van der Waals surface area contributed by atoms with Gasteiger partial charge in [-0.25, -0.2) is 4.39 Å². The molecule has 2 nitrogen and oxygen atoms in total. The Morgan fingerprint density at radius 1 is 1.54 bits per heavy atom. The van der Waals surface area contributed by atoms with Gasteiger partial charge in [-0.2, -0.15) is 0 Å². The molecule has 0 rings (SSSR count). The van der Waals surface area contributed by atoms with Crippen molar-refractivity contribution in [2.75, 3.05) is 6.86 Å². The van der Waals surface area contributed by atoms with Crippen LogP contribution in [0.3, 0.4) is 0 Å². The molecule has 76 valence electrons. The number of hydrogen-bond acceptors (Lipinski definition) is 2. The summed E-state index contributed by atoms with van der Waals surface area (Å²) in [5.41, 5.74) is 0.726. The number of ether oxygens (including phenoxy) is 1. The normalized spacial score (nSPS) is 11.9. The van der Waals surface area contributed by atoms with E-state index >= 15 is 0 Å². The highest BCUT2D eigenvalue weighted by molar-refractivity contribution is 5.83. The molecule has 0 unspecified atom stereocenters. The Labute approximate surface area is 79.3 Å². The first kappa shape index (κ1) is 12.1. The molecule has 0 aromatic rings. The Kier molecular flexibility index (Phi) is 6.20. The summed E-state index contributed by atoms with van der Waals surface area (Å²) in [5.74, 6) is 0.898. The zero-order valence-electron chi connectivity index (χ0n) is 8.56. The first-order chi connectivity index (χ1) is 6.07. The van der Waals surface area contributed by atoms with E-state index in [-0.39, 0.29) is 0 Å². The molecule has 0 bridgehead atoms. The van der Waals surface area contributed by atoms with Gasteiger partial charge in [0.25, 0.3) is 0 Å². The maximum absolute atomic E-state index is 11.7. The number of rotatable bonds is 6. The van der Waals surface area contributed by atoms with E-state index in [0.717, 1.165) is 18.6 Å². The predicted octanol–water partition coefficient (Wildman–Crippen LogP) is 3.29. The standard InChI is InChI=1S/C10H18FNO/c1-8(2)10(12)6-4-5-9(3)13-7-11/h5,8,12H,4,6-7H2,1-3H3. The number of hydrogen-bond donors (Lipinski definition) is 1. The maximum atomic E-state index is 11.7. The second-order valence-electron chi connectivity index (χ2n) is 3.29. The van der Waals surface area contributed by atoms with Crippen molar-refractivity contribution in [3.8, 4) is 0 Å². The van der Waals surface area contributed by atoms with Gasteiger partial charge in [0.2, 0.25) is 6.86 Å². The van der Waals surface area contributed by atoms with E-state index in [9.17, 15) is 4.39 Å². The topological polar surface area (TPSA) is 33.1 Å². The molecule has 0 atom stereocenters. The van der Waals surface area contributed by atoms with Crippen molar-refractivity contribution in [3.05, 3.63) is 11.8 Å². The Hall–Kier alpha value is -0.860. The van der Waals surface area contributed by atoms with Gasteiger partial charge in [0.05, 0.1) is 5.76 Å². The Morgan fingerprint density at radius 2 is 2.15 bits per heavy atom. The van der Waals surface area contributed by atoms with Crippen LogP contribution in [0.25, 0.3) is 0 Å². The summed E-state index contributed by atoms with van der Waals surface area (Å²) >= 11 is 0. The van der Waals surface area contributed by atoms with Gasteiger partial charge >= 0.3 is 0 Å². The quantitative estimate of drug-likeness (QED) is 0.502. The lowest BCUT2D eigenvalue weighted by atomic mass is 10.0. The molecule has 0 heterocycles. The minimum atomic E-state index is -0.774. The fourth-order valence-electron chi connectivity index (χ4n) is 0.865. The van der Waals surface area contributed by atoms with Crippen LogP contribution in [0.4, 0.5) is 4.39 Å². The smallest absolute Gasteiger partial charge is 0.228 e. The monoisotopic (exact) mass is 187 g/mol. The van der Waals surface area contributed by atoms with Crippen molar-refractivity contribution >= 4 is 5.71 Å². The van der Waals surface area contributed by atoms with Crippen molar-refractivity contribution in [1.29, 1.82) is 5.41 Å². The van der Waals surface area contributed by atoms with Gasteiger partial charge in [-0.1, -0.05) is 13.8 Å². The molecule has 0 saturated heterocycles. The fraction of sp³-hybridized carbons (Fsp3) is 0.700. The van der Waals surface area contributed by atoms with E-state index in [1.54, 1.807) is 6.92 Å². The van der Waals surface area contributed by atoms with Crippen LogP contribution in [0, 0.1) is 11.3 Å². The molecule has 0 aromatic heterocycles. The molecule has 0 aliphatic carbocycles. The van der Waals surface area contributed by atoms with Crippen molar-refractivity contribution < 1.29 is 9.13 Å². The Balaban J connectivity index is 3.65. The molecule has 1 N–H and O–H groups in total. The van der Waals surface area contributed by atoms with E-state index < -0.39 is 6.86 Å². The molecule has 0 spiro atoms. The number of nitrogens with one attached hydrogen (secondary N) is 1. The molecule has 0 radical (unpaired) electrons. The van der Waals surface area contributed by atoms with Crippen molar-refractivity contribution in [2.24, 2.45) is 5.92 Å². The molecule has 0 saturated carbocycles. The van der Waals surface area contributed by atoms with E-state index in [4.69, 9.17) is 5.41 Å². The summed E-state index contributed by atoms with van der Waals surface area (Å²) in [7, 11) is 0. The van der Waals surface area contributed by atoms with Crippen molar-refractivity contribution in [2.45, 2.75) is 33.6 Å². The minimum Gasteiger partial charge on any atom is -0.468 e. The van der Waals surface area contributed by atoms with Crippen LogP contribution in [0.15, 0.2) is 11.8 Å². The second kappa shape index (κ2) is 6.63. The molecule has 0 fully saturated rings. The summed E-state index contributed by atoms with van der Waals surface area (Å²) in [6, 6.07) is 0.